The highest BCUT2D eigenvalue weighted by Crippen LogP contribution is 2.27. The molecule has 0 saturated heterocycles. The van der Waals surface area contributed by atoms with Crippen LogP contribution >= 0.6 is 11.8 Å². The highest BCUT2D eigenvalue weighted by molar-refractivity contribution is 7.98. The number of fused-ring (bicyclic) bond motifs is 1. The molecule has 0 atom stereocenters. The number of halogens is 1. The third-order valence-corrected chi connectivity index (χ3v) is 6.57. The summed E-state index contributed by atoms with van der Waals surface area (Å²) >= 11 is 1.58. The minimum Gasteiger partial charge on any atom is -0.469 e. The average Bonchev–Trinajstić information content (AvgIpc) is 3.51. The molecule has 5 aromatic rings. The van der Waals surface area contributed by atoms with E-state index in [0.717, 1.165) is 33.2 Å². The van der Waals surface area contributed by atoms with Crippen LogP contribution in [0.5, 0.6) is 0 Å². The van der Waals surface area contributed by atoms with Gasteiger partial charge >= 0.3 is 0 Å². The molecular weight excluding hydrogens is 463 g/mol. The molecule has 176 valence electrons. The van der Waals surface area contributed by atoms with E-state index in [1.807, 2.05) is 59.2 Å². The Morgan fingerprint density at radius 2 is 1.91 bits per heavy atom. The molecule has 0 unspecified atom stereocenters. The number of amides is 1. The van der Waals surface area contributed by atoms with Gasteiger partial charge in [-0.25, -0.2) is 14.4 Å². The molecule has 35 heavy (non-hydrogen) atoms. The lowest BCUT2D eigenvalue weighted by atomic mass is 10.1. The van der Waals surface area contributed by atoms with E-state index in [0.29, 0.717) is 30.8 Å². The number of benzene rings is 2. The molecule has 0 aliphatic heterocycles. The Labute approximate surface area is 206 Å². The monoisotopic (exact) mass is 486 g/mol. The number of carbonyl (C=O) groups excluding carboxylic acids is 1. The van der Waals surface area contributed by atoms with Gasteiger partial charge < -0.3 is 9.73 Å². The van der Waals surface area contributed by atoms with Gasteiger partial charge in [-0.1, -0.05) is 36.0 Å². The van der Waals surface area contributed by atoms with Gasteiger partial charge in [-0.3, -0.25) is 9.36 Å². The minimum atomic E-state index is -0.265. The third-order valence-electron chi connectivity index (χ3n) is 5.52. The van der Waals surface area contributed by atoms with Gasteiger partial charge in [-0.2, -0.15) is 0 Å². The Kier molecular flexibility index (Phi) is 6.90. The van der Waals surface area contributed by atoms with Crippen LogP contribution in [0, 0.1) is 5.82 Å². The number of nitrogens with zero attached hydrogens (tertiary/aromatic N) is 3. The number of rotatable bonds is 9. The Morgan fingerprint density at radius 3 is 2.71 bits per heavy atom. The van der Waals surface area contributed by atoms with Crippen molar-refractivity contribution < 1.29 is 13.6 Å². The fourth-order valence-corrected chi connectivity index (χ4v) is 4.72. The predicted molar refractivity (Wildman–Crippen MR) is 134 cm³/mol. The maximum absolute atomic E-state index is 13.7. The van der Waals surface area contributed by atoms with Crippen LogP contribution in [0.2, 0.25) is 0 Å². The van der Waals surface area contributed by atoms with Crippen molar-refractivity contribution in [3.8, 4) is 0 Å². The van der Waals surface area contributed by atoms with Crippen molar-refractivity contribution in [1.29, 1.82) is 0 Å². The van der Waals surface area contributed by atoms with Crippen molar-refractivity contribution in [2.75, 3.05) is 6.54 Å². The molecule has 0 aliphatic rings. The number of thioether (sulfide) groups is 1. The average molecular weight is 487 g/mol. The van der Waals surface area contributed by atoms with Crippen molar-refractivity contribution in [3.63, 3.8) is 0 Å². The number of carbonyl (C=O) groups is 1. The second-order valence-corrected chi connectivity index (χ2v) is 8.97. The Balaban J connectivity index is 1.25. The summed E-state index contributed by atoms with van der Waals surface area (Å²) in [6.07, 6.45) is 4.01. The van der Waals surface area contributed by atoms with Crippen molar-refractivity contribution >= 4 is 28.8 Å². The van der Waals surface area contributed by atoms with Gasteiger partial charge in [0.2, 0.25) is 0 Å². The van der Waals surface area contributed by atoms with E-state index in [2.05, 4.69) is 10.3 Å². The van der Waals surface area contributed by atoms with E-state index in [9.17, 15) is 9.18 Å². The highest BCUT2D eigenvalue weighted by atomic mass is 32.2. The lowest BCUT2D eigenvalue weighted by Gasteiger charge is -2.09. The summed E-state index contributed by atoms with van der Waals surface area (Å²) in [4.78, 5) is 21.6. The maximum atomic E-state index is 13.7. The van der Waals surface area contributed by atoms with Crippen LogP contribution in [0.3, 0.4) is 0 Å². The van der Waals surface area contributed by atoms with Crippen molar-refractivity contribution in [3.05, 3.63) is 114 Å². The molecule has 1 N–H and O–H groups in total. The van der Waals surface area contributed by atoms with Crippen LogP contribution < -0.4 is 5.32 Å². The van der Waals surface area contributed by atoms with E-state index in [-0.39, 0.29) is 11.7 Å². The number of pyridine rings is 1. The van der Waals surface area contributed by atoms with Crippen LogP contribution in [0.4, 0.5) is 4.39 Å². The van der Waals surface area contributed by atoms with Crippen LogP contribution in [-0.4, -0.2) is 27.0 Å². The molecule has 0 radical (unpaired) electrons. The Bertz CT molecular complexity index is 1430. The van der Waals surface area contributed by atoms with Gasteiger partial charge in [0.1, 0.15) is 17.1 Å². The molecular formula is C27H23FN4O2S. The molecule has 3 heterocycles. The van der Waals surface area contributed by atoms with Gasteiger partial charge in [-0.15, -0.1) is 0 Å². The molecule has 0 spiro atoms. The van der Waals surface area contributed by atoms with Crippen molar-refractivity contribution in [1.82, 2.24) is 19.9 Å². The van der Waals surface area contributed by atoms with Crippen LogP contribution in [-0.2, 0) is 18.7 Å². The summed E-state index contributed by atoms with van der Waals surface area (Å²) in [5, 5.41) is 3.72. The molecule has 3 aromatic heterocycles. The predicted octanol–water partition coefficient (Wildman–Crippen LogP) is 5.48. The lowest BCUT2D eigenvalue weighted by Crippen LogP contribution is -2.25. The number of nitrogens with one attached hydrogen (secondary N) is 1. The van der Waals surface area contributed by atoms with E-state index in [1.54, 1.807) is 30.3 Å². The van der Waals surface area contributed by atoms with Crippen LogP contribution in [0.1, 0.15) is 27.2 Å². The fraction of sp³-hybridized carbons (Fsp3) is 0.148. The zero-order valence-corrected chi connectivity index (χ0v) is 19.7. The second kappa shape index (κ2) is 10.6. The van der Waals surface area contributed by atoms with Crippen molar-refractivity contribution in [2.45, 2.75) is 23.9 Å². The molecule has 5 rings (SSSR count). The Morgan fingerprint density at radius 1 is 1.03 bits per heavy atom. The molecule has 8 heteroatoms. The Hall–Kier alpha value is -3.91. The maximum Gasteiger partial charge on any atom is 0.251 e. The first-order valence-electron chi connectivity index (χ1n) is 11.2. The van der Waals surface area contributed by atoms with E-state index in [1.165, 1.54) is 12.1 Å². The molecule has 6 nitrogen and oxygen atoms in total. The van der Waals surface area contributed by atoms with Gasteiger partial charge in [0.25, 0.3) is 5.91 Å². The molecule has 0 saturated carbocycles. The number of imidazole rings is 1. The second-order valence-electron chi connectivity index (χ2n) is 8.03. The zero-order valence-electron chi connectivity index (χ0n) is 18.9. The number of hydrogen-bond donors (Lipinski definition) is 1. The van der Waals surface area contributed by atoms with Crippen LogP contribution in [0.15, 0.2) is 94.8 Å². The van der Waals surface area contributed by atoms with Crippen LogP contribution in [0.25, 0.3) is 11.2 Å². The number of furan rings is 1. The van der Waals surface area contributed by atoms with Crippen molar-refractivity contribution in [2.24, 2.45) is 0 Å². The molecule has 0 aliphatic carbocycles. The summed E-state index contributed by atoms with van der Waals surface area (Å²) in [6.45, 7) is 0.990. The molecule has 2 aromatic carbocycles. The third kappa shape index (κ3) is 5.60. The highest BCUT2D eigenvalue weighted by Gasteiger charge is 2.14. The van der Waals surface area contributed by atoms with E-state index >= 15 is 0 Å². The summed E-state index contributed by atoms with van der Waals surface area (Å²) in [6, 6.07) is 21.6. The molecule has 0 bridgehead atoms. The standard InChI is InChI=1S/C27H23FN4O2S/c28-22-5-1-4-20(16-22)17-32-25-24(7-2-13-29-25)31-27(32)35-18-19-8-10-21(11-9-19)26(33)30-14-12-23-6-3-15-34-23/h1-11,13,15-16H,12,14,17-18H2,(H,30,33). The van der Waals surface area contributed by atoms with E-state index in [4.69, 9.17) is 9.40 Å². The zero-order chi connectivity index (χ0) is 24.0. The SMILES string of the molecule is O=C(NCCc1ccco1)c1ccc(CSc2nc3cccnc3n2Cc2cccc(F)c2)cc1. The largest absolute Gasteiger partial charge is 0.469 e. The summed E-state index contributed by atoms with van der Waals surface area (Å²) < 4.78 is 21.0. The minimum absolute atomic E-state index is 0.112. The van der Waals surface area contributed by atoms with Gasteiger partial charge in [0, 0.05) is 30.5 Å². The lowest BCUT2D eigenvalue weighted by molar-refractivity contribution is 0.0953. The summed E-state index contributed by atoms with van der Waals surface area (Å²) in [5.74, 6) is 1.14. The topological polar surface area (TPSA) is 73.0 Å². The summed E-state index contributed by atoms with van der Waals surface area (Å²) in [7, 11) is 0. The first-order chi connectivity index (χ1) is 17.2. The first-order valence-corrected chi connectivity index (χ1v) is 12.2. The first kappa shape index (κ1) is 22.9. The molecule has 1 amide bonds. The quantitative estimate of drug-likeness (QED) is 0.280. The smallest absolute Gasteiger partial charge is 0.251 e. The molecule has 0 fully saturated rings. The normalized spacial score (nSPS) is 11.1. The van der Waals surface area contributed by atoms with Gasteiger partial charge in [0.15, 0.2) is 10.8 Å². The summed E-state index contributed by atoms with van der Waals surface area (Å²) in [5.41, 5.74) is 4.09. The van der Waals surface area contributed by atoms with E-state index < -0.39 is 0 Å². The van der Waals surface area contributed by atoms with Gasteiger partial charge in [0.05, 0.1) is 12.8 Å². The number of aromatic nitrogens is 3. The fourth-order valence-electron chi connectivity index (χ4n) is 3.76. The van der Waals surface area contributed by atoms with Gasteiger partial charge in [-0.05, 0) is 59.7 Å². The number of hydrogen-bond acceptors (Lipinski definition) is 5.